The second-order valence-corrected chi connectivity index (χ2v) is 9.68. The van der Waals surface area contributed by atoms with Gasteiger partial charge in [0, 0.05) is 23.8 Å². The number of aromatic hydroxyl groups is 1. The Hall–Kier alpha value is -3.27. The van der Waals surface area contributed by atoms with E-state index in [0.717, 1.165) is 0 Å². The van der Waals surface area contributed by atoms with Crippen LogP contribution in [0.5, 0.6) is 17.2 Å². The molecule has 0 radical (unpaired) electrons. The van der Waals surface area contributed by atoms with Crippen LogP contribution in [-0.4, -0.2) is 99.7 Å². The Morgan fingerprint density at radius 3 is 2.30 bits per heavy atom. The SMILES string of the molecule is COc1cc(O)c2c(=O)cc(-c3ccc(O[C@@H]4O[C@@H](C)[C@H](O)[C@@H](O[C@@H]5OC[C@H](O)[C@H](O)[C@H]5O)[C@H]4O)cc3)oc2c1. The summed E-state index contributed by atoms with van der Waals surface area (Å²) in [5, 5.41) is 61.4. The van der Waals surface area contributed by atoms with Gasteiger partial charge in [-0.15, -0.1) is 0 Å². The molecule has 2 aromatic carbocycles. The normalized spacial score (nSPS) is 32.6. The third-order valence-electron chi connectivity index (χ3n) is 6.94. The van der Waals surface area contributed by atoms with Crippen molar-refractivity contribution in [2.45, 2.75) is 62.2 Å². The van der Waals surface area contributed by atoms with Crippen LogP contribution in [0.3, 0.4) is 0 Å². The van der Waals surface area contributed by atoms with E-state index in [1.807, 2.05) is 0 Å². The first-order valence-electron chi connectivity index (χ1n) is 12.5. The molecule has 13 heteroatoms. The van der Waals surface area contributed by atoms with E-state index in [1.54, 1.807) is 24.3 Å². The molecular formula is C27H30O13. The molecule has 2 saturated heterocycles. The molecule has 6 N–H and O–H groups in total. The lowest BCUT2D eigenvalue weighted by molar-refractivity contribution is -0.336. The molecule has 3 heterocycles. The number of phenols is 1. The Bertz CT molecular complexity index is 1390. The zero-order valence-corrected chi connectivity index (χ0v) is 21.5. The predicted molar refractivity (Wildman–Crippen MR) is 136 cm³/mol. The number of aliphatic hydroxyl groups is 5. The molecule has 0 bridgehead atoms. The van der Waals surface area contributed by atoms with Crippen molar-refractivity contribution < 1.29 is 58.7 Å². The molecule has 0 aliphatic carbocycles. The second-order valence-electron chi connectivity index (χ2n) is 9.68. The van der Waals surface area contributed by atoms with Gasteiger partial charge in [0.2, 0.25) is 6.29 Å². The Balaban J connectivity index is 1.32. The minimum Gasteiger partial charge on any atom is -0.507 e. The average molecular weight is 563 g/mol. The molecule has 40 heavy (non-hydrogen) atoms. The van der Waals surface area contributed by atoms with Crippen molar-refractivity contribution >= 4 is 11.0 Å². The van der Waals surface area contributed by atoms with Gasteiger partial charge in [-0.2, -0.15) is 0 Å². The van der Waals surface area contributed by atoms with Gasteiger partial charge in [0.05, 0.1) is 19.8 Å². The lowest BCUT2D eigenvalue weighted by Gasteiger charge is -2.44. The molecule has 13 nitrogen and oxygen atoms in total. The first kappa shape index (κ1) is 28.3. The van der Waals surface area contributed by atoms with Gasteiger partial charge in [0.25, 0.3) is 0 Å². The Morgan fingerprint density at radius 1 is 0.875 bits per heavy atom. The van der Waals surface area contributed by atoms with Crippen molar-refractivity contribution in [2.75, 3.05) is 13.7 Å². The van der Waals surface area contributed by atoms with Gasteiger partial charge in [0.1, 0.15) is 70.6 Å². The van der Waals surface area contributed by atoms with Gasteiger partial charge in [-0.3, -0.25) is 4.79 Å². The molecule has 2 aliphatic rings. The summed E-state index contributed by atoms with van der Waals surface area (Å²) in [6.45, 7) is 1.23. The van der Waals surface area contributed by atoms with Crippen LogP contribution in [-0.2, 0) is 14.2 Å². The molecular weight excluding hydrogens is 532 g/mol. The highest BCUT2D eigenvalue weighted by molar-refractivity contribution is 5.86. The number of rotatable bonds is 6. The van der Waals surface area contributed by atoms with E-state index in [2.05, 4.69) is 0 Å². The molecule has 1 aromatic heterocycles. The van der Waals surface area contributed by atoms with E-state index in [1.165, 1.54) is 32.2 Å². The number of phenolic OH excluding ortho intramolecular Hbond substituents is 1. The highest BCUT2D eigenvalue weighted by Gasteiger charge is 2.48. The van der Waals surface area contributed by atoms with E-state index < -0.39 is 60.7 Å². The van der Waals surface area contributed by atoms with E-state index in [-0.39, 0.29) is 34.8 Å². The van der Waals surface area contributed by atoms with Gasteiger partial charge < -0.3 is 58.7 Å². The van der Waals surface area contributed by atoms with Crippen molar-refractivity contribution in [2.24, 2.45) is 0 Å². The van der Waals surface area contributed by atoms with Crippen LogP contribution in [0.25, 0.3) is 22.3 Å². The van der Waals surface area contributed by atoms with Gasteiger partial charge in [0.15, 0.2) is 11.7 Å². The molecule has 216 valence electrons. The number of benzene rings is 2. The molecule has 0 amide bonds. The first-order valence-corrected chi connectivity index (χ1v) is 12.5. The summed E-state index contributed by atoms with van der Waals surface area (Å²) in [6.07, 6.45) is -12.2. The van der Waals surface area contributed by atoms with E-state index in [4.69, 9.17) is 28.1 Å². The number of fused-ring (bicyclic) bond motifs is 1. The van der Waals surface area contributed by atoms with Crippen molar-refractivity contribution in [1.82, 2.24) is 0 Å². The quantitative estimate of drug-likeness (QED) is 0.232. The maximum atomic E-state index is 12.6. The highest BCUT2D eigenvalue weighted by atomic mass is 16.7. The number of ether oxygens (including phenoxy) is 5. The summed E-state index contributed by atoms with van der Waals surface area (Å²) in [5.41, 5.74) is 0.224. The molecule has 0 saturated carbocycles. The van der Waals surface area contributed by atoms with Crippen LogP contribution in [0.4, 0.5) is 0 Å². The van der Waals surface area contributed by atoms with Crippen molar-refractivity contribution in [3.63, 3.8) is 0 Å². The summed E-state index contributed by atoms with van der Waals surface area (Å²) in [7, 11) is 1.42. The fraction of sp³-hybridized carbons (Fsp3) is 0.444. The summed E-state index contributed by atoms with van der Waals surface area (Å²) in [4.78, 5) is 12.6. The topological polar surface area (TPSA) is 198 Å². The predicted octanol–water partition coefficient (Wildman–Crippen LogP) is -0.156. The number of hydrogen-bond donors (Lipinski definition) is 6. The standard InChI is InChI=1S/C27H30O13/c1-11-21(31)25(40-26-23(33)22(32)17(30)10-36-26)24(34)27(37-11)38-13-5-3-12(4-6-13)18-9-16(29)20-15(28)7-14(35-2)8-19(20)39-18/h3-9,11,17,21-28,30-34H,10H2,1-2H3/t11-,17-,21-,22-,23+,24+,25+,26-,27-/m0/s1. The molecule has 3 aromatic rings. The van der Waals surface area contributed by atoms with Crippen LogP contribution in [0.1, 0.15) is 6.92 Å². The maximum Gasteiger partial charge on any atom is 0.229 e. The van der Waals surface area contributed by atoms with Gasteiger partial charge >= 0.3 is 0 Å². The molecule has 2 aliphatic heterocycles. The van der Waals surface area contributed by atoms with E-state index in [9.17, 15) is 35.4 Å². The third-order valence-corrected chi connectivity index (χ3v) is 6.94. The zero-order chi connectivity index (χ0) is 28.7. The van der Waals surface area contributed by atoms with E-state index in [0.29, 0.717) is 11.3 Å². The fourth-order valence-corrected chi connectivity index (χ4v) is 4.64. The molecule has 9 atom stereocenters. The van der Waals surface area contributed by atoms with Gasteiger partial charge in [-0.25, -0.2) is 0 Å². The molecule has 5 rings (SSSR count). The van der Waals surface area contributed by atoms with Crippen molar-refractivity contribution in [1.29, 1.82) is 0 Å². The van der Waals surface area contributed by atoms with Crippen LogP contribution in [0, 0.1) is 0 Å². The number of hydrogen-bond acceptors (Lipinski definition) is 13. The van der Waals surface area contributed by atoms with E-state index >= 15 is 0 Å². The second kappa shape index (κ2) is 11.3. The summed E-state index contributed by atoms with van der Waals surface area (Å²) < 4.78 is 33.2. The number of aliphatic hydroxyl groups excluding tert-OH is 5. The zero-order valence-electron chi connectivity index (χ0n) is 21.5. The van der Waals surface area contributed by atoms with Gasteiger partial charge in [-0.1, -0.05) is 0 Å². The largest absolute Gasteiger partial charge is 0.507 e. The first-order chi connectivity index (χ1) is 19.1. The third kappa shape index (κ3) is 5.38. The monoisotopic (exact) mass is 562 g/mol. The smallest absolute Gasteiger partial charge is 0.229 e. The van der Waals surface area contributed by atoms with Crippen LogP contribution < -0.4 is 14.9 Å². The summed E-state index contributed by atoms with van der Waals surface area (Å²) in [5.74, 6) is 0.559. The number of methoxy groups -OCH3 is 1. The fourth-order valence-electron chi connectivity index (χ4n) is 4.64. The minimum absolute atomic E-state index is 0.0258. The van der Waals surface area contributed by atoms with Crippen LogP contribution >= 0.6 is 0 Å². The van der Waals surface area contributed by atoms with Crippen molar-refractivity contribution in [3.8, 4) is 28.6 Å². The lowest BCUT2D eigenvalue weighted by atomic mass is 9.99. The summed E-state index contributed by atoms with van der Waals surface area (Å²) in [6, 6.07) is 10.4. The minimum atomic E-state index is -1.62. The summed E-state index contributed by atoms with van der Waals surface area (Å²) >= 11 is 0. The molecule has 0 unspecified atom stereocenters. The maximum absolute atomic E-state index is 12.6. The van der Waals surface area contributed by atoms with Crippen molar-refractivity contribution in [3.05, 3.63) is 52.7 Å². The highest BCUT2D eigenvalue weighted by Crippen LogP contribution is 2.33. The molecule has 2 fully saturated rings. The average Bonchev–Trinajstić information content (AvgIpc) is 2.93. The Kier molecular flexibility index (Phi) is 7.99. The molecule has 0 spiro atoms. The van der Waals surface area contributed by atoms with Gasteiger partial charge in [-0.05, 0) is 31.2 Å². The van der Waals surface area contributed by atoms with Crippen LogP contribution in [0.2, 0.25) is 0 Å². The Labute approximate surface area is 227 Å². The van der Waals surface area contributed by atoms with Crippen LogP contribution in [0.15, 0.2) is 51.7 Å². The lowest BCUT2D eigenvalue weighted by Crippen LogP contribution is -2.62. The Morgan fingerprint density at radius 2 is 1.60 bits per heavy atom.